The molecule has 0 bridgehead atoms. The van der Waals surface area contributed by atoms with Crippen LogP contribution >= 0.6 is 38.9 Å². The predicted molar refractivity (Wildman–Crippen MR) is 83.5 cm³/mol. The summed E-state index contributed by atoms with van der Waals surface area (Å²) >= 11 is 10.3. The molecule has 2 heterocycles. The lowest BCUT2D eigenvalue weighted by molar-refractivity contribution is 0.599. The third-order valence-electron chi connectivity index (χ3n) is 2.48. The molecule has 0 spiro atoms. The van der Waals surface area contributed by atoms with E-state index in [-0.39, 0.29) is 10.1 Å². The van der Waals surface area contributed by atoms with E-state index in [0.29, 0.717) is 25.9 Å². The number of hydrogen-bond acceptors (Lipinski definition) is 5. The van der Waals surface area contributed by atoms with Gasteiger partial charge < -0.3 is 0 Å². The molecule has 0 unspecified atom stereocenters. The Bertz CT molecular complexity index is 759. The fourth-order valence-electron chi connectivity index (χ4n) is 1.55. The first-order valence-electron chi connectivity index (χ1n) is 5.55. The van der Waals surface area contributed by atoms with Crippen LogP contribution in [0.15, 0.2) is 20.9 Å². The maximum absolute atomic E-state index is 11.5. The highest BCUT2D eigenvalue weighted by atomic mass is 79.9. The Morgan fingerprint density at radius 3 is 2.60 bits per heavy atom. The average molecular weight is 397 g/mol. The Balaban J connectivity index is 2.65. The van der Waals surface area contributed by atoms with Gasteiger partial charge in [-0.3, -0.25) is 0 Å². The van der Waals surface area contributed by atoms with Crippen molar-refractivity contribution >= 4 is 48.9 Å². The predicted octanol–water partition coefficient (Wildman–Crippen LogP) is 3.39. The summed E-state index contributed by atoms with van der Waals surface area (Å²) in [6, 6.07) is 1.68. The molecular weight excluding hydrogens is 386 g/mol. The number of nitrogens with zero attached hydrogens (tertiary/aromatic N) is 2. The smallest absolute Gasteiger partial charge is 0.241 e. The van der Waals surface area contributed by atoms with E-state index in [4.69, 9.17) is 16.7 Å². The van der Waals surface area contributed by atoms with Gasteiger partial charge in [0.1, 0.15) is 10.2 Å². The van der Waals surface area contributed by atoms with Crippen LogP contribution in [0.2, 0.25) is 4.34 Å². The summed E-state index contributed by atoms with van der Waals surface area (Å²) < 4.78 is 23.6. The van der Waals surface area contributed by atoms with Crippen molar-refractivity contribution < 1.29 is 8.42 Å². The van der Waals surface area contributed by atoms with Crippen LogP contribution < -0.4 is 5.14 Å². The standard InChI is InChI=1S/C11H11BrClN3O2S2/c1-5(2)10-15-4-3-6(16-10)7-8(12)11(19-9(7)13)20(14,17)18/h3-5H,1-2H3,(H2,14,17,18). The second-order valence-electron chi connectivity index (χ2n) is 4.35. The van der Waals surface area contributed by atoms with Crippen molar-refractivity contribution in [2.75, 3.05) is 0 Å². The molecule has 0 aliphatic carbocycles. The minimum Gasteiger partial charge on any atom is -0.241 e. The molecule has 0 aliphatic heterocycles. The number of halogens is 2. The van der Waals surface area contributed by atoms with Crippen molar-refractivity contribution in [2.45, 2.75) is 24.0 Å². The first kappa shape index (κ1) is 15.8. The van der Waals surface area contributed by atoms with Gasteiger partial charge in [-0.25, -0.2) is 23.5 Å². The van der Waals surface area contributed by atoms with E-state index >= 15 is 0 Å². The van der Waals surface area contributed by atoms with Crippen LogP contribution in [0.4, 0.5) is 0 Å². The van der Waals surface area contributed by atoms with Gasteiger partial charge in [-0.05, 0) is 22.0 Å². The second-order valence-corrected chi connectivity index (χ2v) is 8.52. The van der Waals surface area contributed by atoms with E-state index in [0.717, 1.165) is 11.3 Å². The first-order chi connectivity index (χ1) is 9.21. The lowest BCUT2D eigenvalue weighted by Gasteiger charge is -2.06. The third kappa shape index (κ3) is 3.04. The van der Waals surface area contributed by atoms with E-state index in [9.17, 15) is 8.42 Å². The molecule has 0 fully saturated rings. The van der Waals surface area contributed by atoms with Crippen LogP contribution in [0, 0.1) is 0 Å². The van der Waals surface area contributed by atoms with Crippen molar-refractivity contribution in [3.05, 3.63) is 26.9 Å². The van der Waals surface area contributed by atoms with E-state index in [1.807, 2.05) is 13.8 Å². The van der Waals surface area contributed by atoms with Crippen LogP contribution in [0.3, 0.4) is 0 Å². The molecule has 9 heteroatoms. The Morgan fingerprint density at radius 1 is 1.45 bits per heavy atom. The van der Waals surface area contributed by atoms with Gasteiger partial charge in [-0.1, -0.05) is 25.4 Å². The highest BCUT2D eigenvalue weighted by Gasteiger charge is 2.24. The minimum atomic E-state index is -3.83. The summed E-state index contributed by atoms with van der Waals surface area (Å²) in [7, 11) is -3.83. The number of hydrogen-bond donors (Lipinski definition) is 1. The van der Waals surface area contributed by atoms with Crippen LogP contribution in [0.1, 0.15) is 25.6 Å². The molecular formula is C11H11BrClN3O2S2. The molecule has 108 valence electrons. The molecule has 0 amide bonds. The van der Waals surface area contributed by atoms with Gasteiger partial charge in [0.2, 0.25) is 10.0 Å². The largest absolute Gasteiger partial charge is 0.248 e. The maximum Gasteiger partial charge on any atom is 0.248 e. The molecule has 0 aromatic carbocycles. The normalized spacial score (nSPS) is 12.1. The lowest BCUT2D eigenvalue weighted by atomic mass is 10.2. The van der Waals surface area contributed by atoms with Gasteiger partial charge >= 0.3 is 0 Å². The fraction of sp³-hybridized carbons (Fsp3) is 0.273. The average Bonchev–Trinajstić information content (AvgIpc) is 2.65. The molecule has 2 rings (SSSR count). The molecule has 20 heavy (non-hydrogen) atoms. The summed E-state index contributed by atoms with van der Waals surface area (Å²) in [6.45, 7) is 3.94. The molecule has 2 N–H and O–H groups in total. The molecule has 0 aliphatic rings. The molecule has 5 nitrogen and oxygen atoms in total. The maximum atomic E-state index is 11.5. The van der Waals surface area contributed by atoms with Crippen molar-refractivity contribution in [3.63, 3.8) is 0 Å². The number of aromatic nitrogens is 2. The first-order valence-corrected chi connectivity index (χ1v) is 9.09. The molecule has 2 aromatic heterocycles. The minimum absolute atomic E-state index is 0.0118. The zero-order valence-electron chi connectivity index (χ0n) is 10.6. The zero-order chi connectivity index (χ0) is 15.1. The Morgan fingerprint density at radius 2 is 2.10 bits per heavy atom. The summed E-state index contributed by atoms with van der Waals surface area (Å²) in [5.74, 6) is 0.817. The van der Waals surface area contributed by atoms with Crippen LogP contribution in [0.5, 0.6) is 0 Å². The zero-order valence-corrected chi connectivity index (χ0v) is 14.6. The third-order valence-corrected chi connectivity index (χ3v) is 6.66. The lowest BCUT2D eigenvalue weighted by Crippen LogP contribution is -2.10. The van der Waals surface area contributed by atoms with Crippen LogP contribution in [-0.4, -0.2) is 18.4 Å². The topological polar surface area (TPSA) is 85.9 Å². The Hall–Kier alpha value is -0.540. The van der Waals surface area contributed by atoms with Gasteiger partial charge in [0.15, 0.2) is 4.21 Å². The number of sulfonamides is 1. The van der Waals surface area contributed by atoms with Gasteiger partial charge in [0.05, 0.1) is 10.2 Å². The Labute approximate surface area is 134 Å². The SMILES string of the molecule is CC(C)c1nccc(-c2c(Cl)sc(S(N)(=O)=O)c2Br)n1. The molecule has 0 radical (unpaired) electrons. The highest BCUT2D eigenvalue weighted by molar-refractivity contribution is 9.10. The summed E-state index contributed by atoms with van der Waals surface area (Å²) in [5, 5.41) is 5.16. The fourth-order valence-corrected chi connectivity index (χ4v) is 5.41. The number of rotatable bonds is 3. The summed E-state index contributed by atoms with van der Waals surface area (Å²) in [4.78, 5) is 8.58. The molecule has 0 atom stereocenters. The monoisotopic (exact) mass is 395 g/mol. The van der Waals surface area contributed by atoms with E-state index in [2.05, 4.69) is 25.9 Å². The number of primary sulfonamides is 1. The summed E-state index contributed by atoms with van der Waals surface area (Å²) in [5.41, 5.74) is 1.08. The van der Waals surface area contributed by atoms with Gasteiger partial charge in [-0.2, -0.15) is 0 Å². The van der Waals surface area contributed by atoms with Crippen molar-refractivity contribution in [1.29, 1.82) is 0 Å². The molecule has 2 aromatic rings. The van der Waals surface area contributed by atoms with Crippen molar-refractivity contribution in [3.8, 4) is 11.3 Å². The number of thiophene rings is 1. The second kappa shape index (κ2) is 5.69. The van der Waals surface area contributed by atoms with Crippen LogP contribution in [-0.2, 0) is 10.0 Å². The molecule has 0 saturated heterocycles. The van der Waals surface area contributed by atoms with Crippen LogP contribution in [0.25, 0.3) is 11.3 Å². The van der Waals surface area contributed by atoms with Crippen molar-refractivity contribution in [2.24, 2.45) is 5.14 Å². The van der Waals surface area contributed by atoms with E-state index in [1.165, 1.54) is 0 Å². The van der Waals surface area contributed by atoms with E-state index in [1.54, 1.807) is 12.3 Å². The van der Waals surface area contributed by atoms with Gasteiger partial charge in [0, 0.05) is 17.7 Å². The Kier molecular flexibility index (Phi) is 4.50. The quantitative estimate of drug-likeness (QED) is 0.861. The molecule has 0 saturated carbocycles. The van der Waals surface area contributed by atoms with E-state index < -0.39 is 10.0 Å². The van der Waals surface area contributed by atoms with Gasteiger partial charge in [0.25, 0.3) is 0 Å². The van der Waals surface area contributed by atoms with Crippen molar-refractivity contribution in [1.82, 2.24) is 9.97 Å². The summed E-state index contributed by atoms with van der Waals surface area (Å²) in [6.07, 6.45) is 1.62. The van der Waals surface area contributed by atoms with Gasteiger partial charge in [-0.15, -0.1) is 11.3 Å². The number of nitrogens with two attached hydrogens (primary N) is 1. The highest BCUT2D eigenvalue weighted by Crippen LogP contribution is 2.44.